The van der Waals surface area contributed by atoms with Gasteiger partial charge in [0.1, 0.15) is 6.10 Å². The molecular formula is C12H24N2O3. The highest BCUT2D eigenvalue weighted by atomic mass is 16.5. The van der Waals surface area contributed by atoms with Crippen LogP contribution in [0.2, 0.25) is 0 Å². The predicted octanol–water partition coefficient (Wildman–Crippen LogP) is 0.248. The molecule has 1 fully saturated rings. The van der Waals surface area contributed by atoms with Crippen molar-refractivity contribution in [2.45, 2.75) is 32.4 Å². The smallest absolute Gasteiger partial charge is 0.253 e. The van der Waals surface area contributed by atoms with Gasteiger partial charge >= 0.3 is 0 Å². The van der Waals surface area contributed by atoms with E-state index in [1.807, 2.05) is 4.90 Å². The van der Waals surface area contributed by atoms with Crippen LogP contribution in [0.5, 0.6) is 0 Å². The van der Waals surface area contributed by atoms with Crippen molar-refractivity contribution in [1.29, 1.82) is 0 Å². The van der Waals surface area contributed by atoms with Crippen LogP contribution in [0.25, 0.3) is 0 Å². The third kappa shape index (κ3) is 4.26. The van der Waals surface area contributed by atoms with Crippen LogP contribution in [0.15, 0.2) is 0 Å². The lowest BCUT2D eigenvalue weighted by Gasteiger charge is -2.33. The number of amides is 1. The van der Waals surface area contributed by atoms with Crippen LogP contribution in [0.1, 0.15) is 20.3 Å². The molecule has 0 aliphatic carbocycles. The number of methoxy groups -OCH3 is 1. The van der Waals surface area contributed by atoms with Gasteiger partial charge in [-0.15, -0.1) is 0 Å². The Kier molecular flexibility index (Phi) is 6.47. The normalized spacial score (nSPS) is 22.2. The van der Waals surface area contributed by atoms with Crippen molar-refractivity contribution in [3.05, 3.63) is 0 Å². The maximum atomic E-state index is 12.3. The number of ether oxygens (including phenoxy) is 2. The summed E-state index contributed by atoms with van der Waals surface area (Å²) in [6.45, 7) is 7.38. The van der Waals surface area contributed by atoms with Crippen LogP contribution in [-0.2, 0) is 14.3 Å². The van der Waals surface area contributed by atoms with Crippen molar-refractivity contribution < 1.29 is 14.3 Å². The summed E-state index contributed by atoms with van der Waals surface area (Å²) in [5.74, 6) is 0.0728. The van der Waals surface area contributed by atoms with E-state index in [1.165, 1.54) is 0 Å². The summed E-state index contributed by atoms with van der Waals surface area (Å²) in [6.07, 6.45) is 0.602. The average molecular weight is 244 g/mol. The van der Waals surface area contributed by atoms with Crippen molar-refractivity contribution in [3.8, 4) is 0 Å². The van der Waals surface area contributed by atoms with Crippen molar-refractivity contribution in [2.24, 2.45) is 0 Å². The van der Waals surface area contributed by atoms with E-state index in [0.29, 0.717) is 26.3 Å². The molecule has 0 saturated carbocycles. The molecule has 1 saturated heterocycles. The molecule has 0 aromatic carbocycles. The molecule has 0 bridgehead atoms. The first-order valence-corrected chi connectivity index (χ1v) is 6.32. The van der Waals surface area contributed by atoms with Gasteiger partial charge in [-0.25, -0.2) is 0 Å². The highest BCUT2D eigenvalue weighted by Crippen LogP contribution is 2.09. The molecule has 5 nitrogen and oxygen atoms in total. The molecule has 1 rings (SSSR count). The lowest BCUT2D eigenvalue weighted by Crippen LogP contribution is -2.52. The molecule has 0 spiro atoms. The molecule has 1 N–H and O–H groups in total. The van der Waals surface area contributed by atoms with Crippen LogP contribution >= 0.6 is 0 Å². The number of morpholine rings is 1. The first-order valence-electron chi connectivity index (χ1n) is 6.32. The standard InChI is InChI=1S/C12H24N2O3/c1-4-10(2)14(6-8-16-3)12(15)11-9-13-5-7-17-11/h10-11,13H,4-9H2,1-3H3. The van der Waals surface area contributed by atoms with E-state index in [9.17, 15) is 4.79 Å². The molecule has 100 valence electrons. The zero-order valence-corrected chi connectivity index (χ0v) is 11.1. The number of hydrogen-bond donors (Lipinski definition) is 1. The van der Waals surface area contributed by atoms with E-state index < -0.39 is 0 Å². The maximum Gasteiger partial charge on any atom is 0.253 e. The van der Waals surface area contributed by atoms with E-state index in [2.05, 4.69) is 19.2 Å². The Hall–Kier alpha value is -0.650. The number of nitrogens with one attached hydrogen (secondary N) is 1. The Bertz CT molecular complexity index is 230. The SMILES string of the molecule is CCC(C)N(CCOC)C(=O)C1CNCCO1. The topological polar surface area (TPSA) is 50.8 Å². The number of nitrogens with zero attached hydrogens (tertiary/aromatic N) is 1. The Morgan fingerprint density at radius 1 is 1.65 bits per heavy atom. The highest BCUT2D eigenvalue weighted by molar-refractivity contribution is 5.81. The fourth-order valence-corrected chi connectivity index (χ4v) is 1.87. The van der Waals surface area contributed by atoms with Crippen LogP contribution in [0.4, 0.5) is 0 Å². The summed E-state index contributed by atoms with van der Waals surface area (Å²) in [4.78, 5) is 14.2. The first kappa shape index (κ1) is 14.4. The summed E-state index contributed by atoms with van der Waals surface area (Å²) in [5.41, 5.74) is 0. The minimum absolute atomic E-state index is 0.0728. The van der Waals surface area contributed by atoms with Crippen molar-refractivity contribution in [3.63, 3.8) is 0 Å². The van der Waals surface area contributed by atoms with Crippen LogP contribution in [-0.4, -0.2) is 62.9 Å². The summed E-state index contributed by atoms with van der Waals surface area (Å²) in [7, 11) is 1.65. The second-order valence-electron chi connectivity index (χ2n) is 4.35. The van der Waals surface area contributed by atoms with Gasteiger partial charge in [0.15, 0.2) is 0 Å². The van der Waals surface area contributed by atoms with Gasteiger partial charge in [-0.05, 0) is 13.3 Å². The first-order chi connectivity index (χ1) is 8.20. The fraction of sp³-hybridized carbons (Fsp3) is 0.917. The van der Waals surface area contributed by atoms with Crippen LogP contribution in [0.3, 0.4) is 0 Å². The van der Waals surface area contributed by atoms with E-state index in [4.69, 9.17) is 9.47 Å². The van der Waals surface area contributed by atoms with Gasteiger partial charge in [0, 0.05) is 32.8 Å². The van der Waals surface area contributed by atoms with Crippen molar-refractivity contribution in [2.75, 3.05) is 40.0 Å². The number of carbonyl (C=O) groups excluding carboxylic acids is 1. The van der Waals surface area contributed by atoms with E-state index in [0.717, 1.165) is 13.0 Å². The minimum atomic E-state index is -0.338. The van der Waals surface area contributed by atoms with Gasteiger partial charge < -0.3 is 19.7 Å². The predicted molar refractivity (Wildman–Crippen MR) is 66.0 cm³/mol. The number of carbonyl (C=O) groups is 1. The minimum Gasteiger partial charge on any atom is -0.383 e. The third-order valence-electron chi connectivity index (χ3n) is 3.15. The van der Waals surface area contributed by atoms with Gasteiger partial charge in [0.2, 0.25) is 0 Å². The summed E-state index contributed by atoms with van der Waals surface area (Å²) in [6, 6.07) is 0.225. The lowest BCUT2D eigenvalue weighted by atomic mass is 10.1. The lowest BCUT2D eigenvalue weighted by molar-refractivity contribution is -0.148. The van der Waals surface area contributed by atoms with E-state index in [1.54, 1.807) is 7.11 Å². The molecule has 2 atom stereocenters. The highest BCUT2D eigenvalue weighted by Gasteiger charge is 2.28. The zero-order chi connectivity index (χ0) is 12.7. The molecular weight excluding hydrogens is 220 g/mol. The van der Waals surface area contributed by atoms with E-state index >= 15 is 0 Å². The summed E-state index contributed by atoms with van der Waals surface area (Å²) in [5, 5.41) is 3.18. The Balaban J connectivity index is 2.56. The van der Waals surface area contributed by atoms with Gasteiger partial charge in [-0.1, -0.05) is 6.92 Å². The molecule has 1 aliphatic rings. The summed E-state index contributed by atoms with van der Waals surface area (Å²) < 4.78 is 10.6. The average Bonchev–Trinajstić information content (AvgIpc) is 2.39. The maximum absolute atomic E-state index is 12.3. The molecule has 1 aliphatic heterocycles. The quantitative estimate of drug-likeness (QED) is 0.727. The second-order valence-corrected chi connectivity index (χ2v) is 4.35. The third-order valence-corrected chi connectivity index (χ3v) is 3.15. The van der Waals surface area contributed by atoms with Crippen molar-refractivity contribution >= 4 is 5.91 Å². The molecule has 2 unspecified atom stereocenters. The fourth-order valence-electron chi connectivity index (χ4n) is 1.87. The Morgan fingerprint density at radius 2 is 2.41 bits per heavy atom. The van der Waals surface area contributed by atoms with Gasteiger partial charge in [-0.3, -0.25) is 4.79 Å². The molecule has 17 heavy (non-hydrogen) atoms. The van der Waals surface area contributed by atoms with Crippen molar-refractivity contribution in [1.82, 2.24) is 10.2 Å². The molecule has 5 heteroatoms. The molecule has 0 radical (unpaired) electrons. The van der Waals surface area contributed by atoms with Crippen LogP contribution in [0, 0.1) is 0 Å². The monoisotopic (exact) mass is 244 g/mol. The van der Waals surface area contributed by atoms with E-state index in [-0.39, 0.29) is 18.1 Å². The van der Waals surface area contributed by atoms with Crippen LogP contribution < -0.4 is 5.32 Å². The molecule has 0 aromatic rings. The zero-order valence-electron chi connectivity index (χ0n) is 11.1. The molecule has 1 heterocycles. The number of hydrogen-bond acceptors (Lipinski definition) is 4. The second kappa shape index (κ2) is 7.63. The van der Waals surface area contributed by atoms with Gasteiger partial charge in [0.05, 0.1) is 13.2 Å². The number of rotatable bonds is 6. The molecule has 0 aromatic heterocycles. The molecule has 1 amide bonds. The Morgan fingerprint density at radius 3 is 2.94 bits per heavy atom. The van der Waals surface area contributed by atoms with Gasteiger partial charge in [-0.2, -0.15) is 0 Å². The largest absolute Gasteiger partial charge is 0.383 e. The van der Waals surface area contributed by atoms with Gasteiger partial charge in [0.25, 0.3) is 5.91 Å². The summed E-state index contributed by atoms with van der Waals surface area (Å²) >= 11 is 0. The Labute approximate surface area is 103 Å².